The first-order valence-electron chi connectivity index (χ1n) is 4.30. The van der Waals surface area contributed by atoms with E-state index in [0.29, 0.717) is 17.5 Å². The molecule has 0 aliphatic carbocycles. The summed E-state index contributed by atoms with van der Waals surface area (Å²) in [5.41, 5.74) is 6.01. The average molecular weight is 213 g/mol. The maximum absolute atomic E-state index is 12.2. The van der Waals surface area contributed by atoms with Gasteiger partial charge in [-0.1, -0.05) is 0 Å². The number of methoxy groups -OCH3 is 1. The van der Waals surface area contributed by atoms with Crippen molar-refractivity contribution in [1.29, 1.82) is 0 Å². The van der Waals surface area contributed by atoms with Crippen molar-refractivity contribution in [3.05, 3.63) is 29.9 Å². The van der Waals surface area contributed by atoms with Gasteiger partial charge in [0.25, 0.3) is 0 Å². The molecule has 15 heavy (non-hydrogen) atoms. The summed E-state index contributed by atoms with van der Waals surface area (Å²) >= 11 is 0. The molecule has 6 heteroatoms. The number of ether oxygens (including phenoxy) is 1. The second-order valence-electron chi connectivity index (χ2n) is 2.89. The second-order valence-corrected chi connectivity index (χ2v) is 2.89. The summed E-state index contributed by atoms with van der Waals surface area (Å²) in [6.45, 7) is 0.341. The lowest BCUT2D eigenvalue weighted by Gasteiger charge is -2.01. The van der Waals surface area contributed by atoms with Crippen LogP contribution in [0.1, 0.15) is 10.4 Å². The molecule has 0 saturated heterocycles. The summed E-state index contributed by atoms with van der Waals surface area (Å²) < 4.78 is 18.1. The van der Waals surface area contributed by atoms with Gasteiger partial charge in [-0.2, -0.15) is 5.10 Å². The Balaban J connectivity index is 2.72. The van der Waals surface area contributed by atoms with Crippen LogP contribution in [0.2, 0.25) is 0 Å². The van der Waals surface area contributed by atoms with Gasteiger partial charge in [0.05, 0.1) is 31.7 Å². The Morgan fingerprint density at radius 2 is 2.53 bits per heavy atom. The number of carbonyl (C=O) groups is 1. The zero-order valence-corrected chi connectivity index (χ0v) is 8.31. The van der Waals surface area contributed by atoms with E-state index >= 15 is 0 Å². The molecule has 0 atom stereocenters. The van der Waals surface area contributed by atoms with Gasteiger partial charge >= 0.3 is 5.97 Å². The number of carbonyl (C=O) groups excluding carboxylic acids is 1. The third kappa shape index (κ3) is 2.88. The highest BCUT2D eigenvalue weighted by Crippen LogP contribution is 2.03. The maximum Gasteiger partial charge on any atom is 0.341 e. The van der Waals surface area contributed by atoms with Crippen LogP contribution in [0.15, 0.2) is 24.3 Å². The fraction of sp³-hybridized carbons (Fsp3) is 0.333. The van der Waals surface area contributed by atoms with E-state index in [0.717, 1.165) is 0 Å². The number of nitrogens with two attached hydrogens (primary N) is 1. The fourth-order valence-corrected chi connectivity index (χ4v) is 1.02. The lowest BCUT2D eigenvalue weighted by atomic mass is 10.3. The summed E-state index contributed by atoms with van der Waals surface area (Å²) in [4.78, 5) is 11.1. The zero-order chi connectivity index (χ0) is 11.3. The predicted octanol–water partition coefficient (Wildman–Crippen LogP) is 0.482. The summed E-state index contributed by atoms with van der Waals surface area (Å²) in [6.07, 6.45) is 3.28. The molecule has 0 saturated carbocycles. The SMILES string of the molecule is COC(=O)c1cnn(CC(=CF)CN)c1. The Hall–Kier alpha value is -1.69. The van der Waals surface area contributed by atoms with Crippen molar-refractivity contribution >= 4 is 5.97 Å². The van der Waals surface area contributed by atoms with E-state index in [1.807, 2.05) is 0 Å². The fourth-order valence-electron chi connectivity index (χ4n) is 1.02. The van der Waals surface area contributed by atoms with E-state index in [1.165, 1.54) is 24.2 Å². The first-order chi connectivity index (χ1) is 7.21. The highest BCUT2D eigenvalue weighted by molar-refractivity contribution is 5.88. The molecule has 0 radical (unpaired) electrons. The lowest BCUT2D eigenvalue weighted by Crippen LogP contribution is -2.10. The molecule has 0 spiro atoms. The van der Waals surface area contributed by atoms with Crippen molar-refractivity contribution in [1.82, 2.24) is 9.78 Å². The summed E-state index contributed by atoms with van der Waals surface area (Å²) in [5.74, 6) is -0.472. The van der Waals surface area contributed by atoms with E-state index in [1.54, 1.807) is 0 Å². The second kappa shape index (κ2) is 5.26. The third-order valence-electron chi connectivity index (χ3n) is 1.84. The largest absolute Gasteiger partial charge is 0.465 e. The molecular formula is C9H12FN3O2. The number of esters is 1. The minimum absolute atomic E-state index is 0.115. The first-order valence-corrected chi connectivity index (χ1v) is 4.30. The molecule has 1 aromatic heterocycles. The molecular weight excluding hydrogens is 201 g/mol. The normalized spacial score (nSPS) is 11.5. The number of aromatic nitrogens is 2. The van der Waals surface area contributed by atoms with Crippen molar-refractivity contribution < 1.29 is 13.9 Å². The molecule has 82 valence electrons. The van der Waals surface area contributed by atoms with Gasteiger partial charge in [-0.15, -0.1) is 0 Å². The van der Waals surface area contributed by atoms with Gasteiger partial charge in [0, 0.05) is 12.7 Å². The van der Waals surface area contributed by atoms with E-state index < -0.39 is 5.97 Å². The molecule has 1 rings (SSSR count). The minimum Gasteiger partial charge on any atom is -0.465 e. The molecule has 0 bridgehead atoms. The standard InChI is InChI=1S/C9H12FN3O2/c1-15-9(14)8-4-12-13(6-8)5-7(2-10)3-11/h2,4,6H,3,5,11H2,1H3. The van der Waals surface area contributed by atoms with E-state index in [9.17, 15) is 9.18 Å². The molecule has 1 aromatic rings. The van der Waals surface area contributed by atoms with Crippen LogP contribution in [0.4, 0.5) is 4.39 Å². The van der Waals surface area contributed by atoms with E-state index in [4.69, 9.17) is 5.73 Å². The van der Waals surface area contributed by atoms with Crippen molar-refractivity contribution in [3.8, 4) is 0 Å². The van der Waals surface area contributed by atoms with Crippen LogP contribution in [-0.4, -0.2) is 29.4 Å². The Bertz CT molecular complexity index is 373. The quantitative estimate of drug-likeness (QED) is 0.738. The smallest absolute Gasteiger partial charge is 0.341 e. The van der Waals surface area contributed by atoms with Crippen molar-refractivity contribution in [2.45, 2.75) is 6.54 Å². The summed E-state index contributed by atoms with van der Waals surface area (Å²) in [7, 11) is 1.28. The van der Waals surface area contributed by atoms with Gasteiger partial charge in [-0.05, 0) is 5.57 Å². The molecule has 2 N–H and O–H groups in total. The minimum atomic E-state index is -0.472. The maximum atomic E-state index is 12.2. The van der Waals surface area contributed by atoms with Gasteiger partial charge < -0.3 is 10.5 Å². The first kappa shape index (κ1) is 11.4. The Kier molecular flexibility index (Phi) is 3.99. The molecule has 0 aromatic carbocycles. The van der Waals surface area contributed by atoms with E-state index in [2.05, 4.69) is 9.84 Å². The van der Waals surface area contributed by atoms with Crippen molar-refractivity contribution in [3.63, 3.8) is 0 Å². The van der Waals surface area contributed by atoms with Crippen LogP contribution in [0, 0.1) is 0 Å². The highest BCUT2D eigenvalue weighted by atomic mass is 19.1. The van der Waals surface area contributed by atoms with Crippen LogP contribution in [-0.2, 0) is 11.3 Å². The van der Waals surface area contributed by atoms with Crippen LogP contribution in [0.3, 0.4) is 0 Å². The van der Waals surface area contributed by atoms with Crippen LogP contribution in [0.5, 0.6) is 0 Å². The molecule has 0 amide bonds. The molecule has 0 aliphatic heterocycles. The average Bonchev–Trinajstić information content (AvgIpc) is 2.73. The number of rotatable bonds is 4. The van der Waals surface area contributed by atoms with Crippen molar-refractivity contribution in [2.75, 3.05) is 13.7 Å². The number of hydrogen-bond donors (Lipinski definition) is 1. The Labute approximate surface area is 86.3 Å². The van der Waals surface area contributed by atoms with Gasteiger partial charge in [0.1, 0.15) is 0 Å². The molecule has 0 aliphatic rings. The lowest BCUT2D eigenvalue weighted by molar-refractivity contribution is 0.0600. The van der Waals surface area contributed by atoms with Gasteiger partial charge in [0.2, 0.25) is 0 Å². The van der Waals surface area contributed by atoms with Crippen LogP contribution >= 0.6 is 0 Å². The van der Waals surface area contributed by atoms with Crippen molar-refractivity contribution in [2.24, 2.45) is 5.73 Å². The number of nitrogens with zero attached hydrogens (tertiary/aromatic N) is 2. The van der Waals surface area contributed by atoms with Crippen LogP contribution in [0.25, 0.3) is 0 Å². The summed E-state index contributed by atoms with van der Waals surface area (Å²) in [5, 5.41) is 3.87. The third-order valence-corrected chi connectivity index (χ3v) is 1.84. The zero-order valence-electron chi connectivity index (χ0n) is 8.31. The number of hydrogen-bond acceptors (Lipinski definition) is 4. The molecule has 0 unspecified atom stereocenters. The van der Waals surface area contributed by atoms with Gasteiger partial charge in [-0.3, -0.25) is 4.68 Å². The molecule has 0 fully saturated rings. The Morgan fingerprint density at radius 1 is 1.80 bits per heavy atom. The predicted molar refractivity (Wildman–Crippen MR) is 51.8 cm³/mol. The van der Waals surface area contributed by atoms with E-state index in [-0.39, 0.29) is 13.1 Å². The topological polar surface area (TPSA) is 70.1 Å². The van der Waals surface area contributed by atoms with Gasteiger partial charge in [-0.25, -0.2) is 9.18 Å². The number of halogens is 1. The molecule has 1 heterocycles. The van der Waals surface area contributed by atoms with Crippen LogP contribution < -0.4 is 5.73 Å². The summed E-state index contributed by atoms with van der Waals surface area (Å²) in [6, 6.07) is 0. The highest BCUT2D eigenvalue weighted by Gasteiger charge is 2.08. The Morgan fingerprint density at radius 3 is 3.07 bits per heavy atom. The monoisotopic (exact) mass is 213 g/mol. The molecule has 5 nitrogen and oxygen atoms in total. The van der Waals surface area contributed by atoms with Gasteiger partial charge in [0.15, 0.2) is 0 Å².